The molecule has 0 radical (unpaired) electrons. The van der Waals surface area contributed by atoms with Crippen LogP contribution in [0.4, 0.5) is 5.82 Å². The molecule has 160 valence electrons. The van der Waals surface area contributed by atoms with E-state index in [4.69, 9.17) is 26.1 Å². The molecule has 2 aliphatic rings. The van der Waals surface area contributed by atoms with Crippen molar-refractivity contribution in [3.05, 3.63) is 53.6 Å². The predicted octanol–water partition coefficient (Wildman–Crippen LogP) is 5.01. The molecule has 2 aliphatic heterocycles. The number of nitrogens with one attached hydrogen (secondary N) is 1. The van der Waals surface area contributed by atoms with Gasteiger partial charge in [-0.25, -0.2) is 4.98 Å². The zero-order chi connectivity index (χ0) is 21.2. The Balaban J connectivity index is 1.49. The van der Waals surface area contributed by atoms with Crippen LogP contribution in [0.25, 0.3) is 22.4 Å². The Bertz CT molecular complexity index is 1100. The molecule has 0 unspecified atom stereocenters. The van der Waals surface area contributed by atoms with Crippen LogP contribution in [0.2, 0.25) is 5.02 Å². The van der Waals surface area contributed by atoms with Gasteiger partial charge in [-0.05, 0) is 79.5 Å². The quantitative estimate of drug-likeness (QED) is 0.565. The zero-order valence-corrected chi connectivity index (χ0v) is 17.9. The fourth-order valence-electron chi connectivity index (χ4n) is 4.06. The van der Waals surface area contributed by atoms with E-state index in [1.807, 2.05) is 30.3 Å². The van der Waals surface area contributed by atoms with Gasteiger partial charge in [0, 0.05) is 23.7 Å². The average Bonchev–Trinajstić information content (AvgIpc) is 3.46. The molecule has 0 amide bonds. The van der Waals surface area contributed by atoms with Crippen LogP contribution in [0, 0.1) is 0 Å². The Morgan fingerprint density at radius 3 is 2.68 bits per heavy atom. The van der Waals surface area contributed by atoms with E-state index in [-0.39, 0.29) is 12.5 Å². The highest BCUT2D eigenvalue weighted by Gasteiger charge is 2.16. The number of hydrogen-bond acceptors (Lipinski definition) is 6. The van der Waals surface area contributed by atoms with Crippen LogP contribution in [-0.2, 0) is 0 Å². The predicted molar refractivity (Wildman–Crippen MR) is 122 cm³/mol. The molecule has 7 heteroatoms. The summed E-state index contributed by atoms with van der Waals surface area (Å²) < 4.78 is 11.0. The lowest BCUT2D eigenvalue weighted by atomic mass is 10.0. The molecule has 0 spiro atoms. The Morgan fingerprint density at radius 1 is 0.968 bits per heavy atom. The second kappa shape index (κ2) is 8.65. The van der Waals surface area contributed by atoms with Crippen LogP contribution < -0.4 is 14.8 Å². The number of likely N-dealkylation sites (tertiary alicyclic amines) is 1. The number of nitrogens with zero attached hydrogens (tertiary/aromatic N) is 2. The molecular formula is C24H24ClN3O3. The number of anilines is 1. The molecule has 3 heterocycles. The molecule has 2 N–H and O–H groups in total. The molecule has 1 fully saturated rings. The summed E-state index contributed by atoms with van der Waals surface area (Å²) in [4.78, 5) is 7.22. The topological polar surface area (TPSA) is 66.8 Å². The summed E-state index contributed by atoms with van der Waals surface area (Å²) in [5.41, 5.74) is 3.19. The lowest BCUT2D eigenvalue weighted by Gasteiger charge is -2.16. The van der Waals surface area contributed by atoms with Crippen molar-refractivity contribution in [1.82, 2.24) is 9.88 Å². The zero-order valence-electron chi connectivity index (χ0n) is 17.1. The van der Waals surface area contributed by atoms with Gasteiger partial charge in [-0.15, -0.1) is 0 Å². The van der Waals surface area contributed by atoms with E-state index in [1.54, 1.807) is 18.2 Å². The van der Waals surface area contributed by atoms with Crippen LogP contribution in [-0.4, -0.2) is 48.0 Å². The van der Waals surface area contributed by atoms with E-state index in [0.29, 0.717) is 16.3 Å². The highest BCUT2D eigenvalue weighted by molar-refractivity contribution is 6.31. The molecule has 6 nitrogen and oxygen atoms in total. The minimum Gasteiger partial charge on any atom is -0.507 e. The van der Waals surface area contributed by atoms with Crippen molar-refractivity contribution in [3.8, 4) is 39.6 Å². The fraction of sp³-hybridized carbons (Fsp3) is 0.292. The van der Waals surface area contributed by atoms with Gasteiger partial charge in [-0.1, -0.05) is 17.7 Å². The molecule has 0 atom stereocenters. The van der Waals surface area contributed by atoms with Gasteiger partial charge in [0.15, 0.2) is 11.5 Å². The van der Waals surface area contributed by atoms with Crippen molar-refractivity contribution in [1.29, 1.82) is 0 Å². The van der Waals surface area contributed by atoms with Gasteiger partial charge in [0.2, 0.25) is 6.79 Å². The van der Waals surface area contributed by atoms with Crippen LogP contribution in [0.5, 0.6) is 17.2 Å². The van der Waals surface area contributed by atoms with Crippen LogP contribution >= 0.6 is 11.6 Å². The summed E-state index contributed by atoms with van der Waals surface area (Å²) in [6, 6.07) is 14.8. The molecule has 1 saturated heterocycles. The maximum atomic E-state index is 10.4. The van der Waals surface area contributed by atoms with Crippen molar-refractivity contribution >= 4 is 17.4 Å². The molecule has 1 aromatic heterocycles. The molecular weight excluding hydrogens is 414 g/mol. The third kappa shape index (κ3) is 4.40. The van der Waals surface area contributed by atoms with E-state index in [9.17, 15) is 5.11 Å². The second-order valence-electron chi connectivity index (χ2n) is 7.83. The molecule has 3 aromatic rings. The number of fused-ring (bicyclic) bond motifs is 1. The summed E-state index contributed by atoms with van der Waals surface area (Å²) in [5.74, 6) is 2.37. The smallest absolute Gasteiger partial charge is 0.231 e. The first kappa shape index (κ1) is 20.0. The number of pyridine rings is 1. The number of ether oxygens (including phenoxy) is 2. The third-order valence-corrected chi connectivity index (χ3v) is 5.93. The van der Waals surface area contributed by atoms with Gasteiger partial charge >= 0.3 is 0 Å². The normalized spacial score (nSPS) is 15.4. The van der Waals surface area contributed by atoms with E-state index in [1.165, 1.54) is 12.8 Å². The Hall–Kier alpha value is -2.96. The Morgan fingerprint density at radius 2 is 1.81 bits per heavy atom. The molecule has 2 aromatic carbocycles. The van der Waals surface area contributed by atoms with E-state index >= 15 is 0 Å². The fourth-order valence-corrected chi connectivity index (χ4v) is 4.24. The van der Waals surface area contributed by atoms with Crippen molar-refractivity contribution < 1.29 is 14.6 Å². The number of phenols is 1. The first-order chi connectivity index (χ1) is 15.2. The third-order valence-electron chi connectivity index (χ3n) is 5.70. The summed E-state index contributed by atoms with van der Waals surface area (Å²) in [6.07, 6.45) is 2.55. The number of halogens is 1. The van der Waals surface area contributed by atoms with E-state index in [0.717, 1.165) is 54.6 Å². The standard InChI is InChI=1S/C24H24ClN3O3/c25-18-4-5-21(29)19(14-18)20-11-17(16-3-6-22-23(12-16)31-15-30-22)13-24(27-20)26-7-10-28-8-1-2-9-28/h3-6,11-14,29H,1-2,7-10,15H2,(H,26,27). The van der Waals surface area contributed by atoms with Gasteiger partial charge in [-0.3, -0.25) is 0 Å². The van der Waals surface area contributed by atoms with Crippen molar-refractivity contribution in [2.45, 2.75) is 12.8 Å². The van der Waals surface area contributed by atoms with Crippen molar-refractivity contribution in [2.75, 3.05) is 38.3 Å². The first-order valence-corrected chi connectivity index (χ1v) is 10.9. The lowest BCUT2D eigenvalue weighted by molar-refractivity contribution is 0.174. The van der Waals surface area contributed by atoms with Crippen LogP contribution in [0.1, 0.15) is 12.8 Å². The van der Waals surface area contributed by atoms with Gasteiger partial charge in [0.1, 0.15) is 11.6 Å². The molecule has 0 bridgehead atoms. The SMILES string of the molecule is Oc1ccc(Cl)cc1-c1cc(-c2ccc3c(c2)OCO3)cc(NCCN2CCCC2)n1. The minimum atomic E-state index is 0.141. The highest BCUT2D eigenvalue weighted by atomic mass is 35.5. The number of rotatable bonds is 6. The summed E-state index contributed by atoms with van der Waals surface area (Å²) in [7, 11) is 0. The molecule has 5 rings (SSSR count). The monoisotopic (exact) mass is 437 g/mol. The number of benzene rings is 2. The minimum absolute atomic E-state index is 0.141. The summed E-state index contributed by atoms with van der Waals surface area (Å²) in [5, 5.41) is 14.4. The largest absolute Gasteiger partial charge is 0.507 e. The van der Waals surface area contributed by atoms with Crippen LogP contribution in [0.15, 0.2) is 48.5 Å². The molecule has 0 saturated carbocycles. The summed E-state index contributed by atoms with van der Waals surface area (Å²) >= 11 is 6.19. The van der Waals surface area contributed by atoms with Crippen LogP contribution in [0.3, 0.4) is 0 Å². The average molecular weight is 438 g/mol. The van der Waals surface area contributed by atoms with Gasteiger partial charge in [0.05, 0.1) is 5.69 Å². The van der Waals surface area contributed by atoms with Gasteiger partial charge in [-0.2, -0.15) is 0 Å². The highest BCUT2D eigenvalue weighted by Crippen LogP contribution is 2.38. The summed E-state index contributed by atoms with van der Waals surface area (Å²) in [6.45, 7) is 4.34. The van der Waals surface area contributed by atoms with E-state index in [2.05, 4.69) is 10.2 Å². The molecule has 31 heavy (non-hydrogen) atoms. The lowest BCUT2D eigenvalue weighted by Crippen LogP contribution is -2.26. The first-order valence-electron chi connectivity index (χ1n) is 10.5. The second-order valence-corrected chi connectivity index (χ2v) is 8.27. The Labute approximate surface area is 186 Å². The maximum absolute atomic E-state index is 10.4. The number of hydrogen-bond donors (Lipinski definition) is 2. The van der Waals surface area contributed by atoms with Crippen molar-refractivity contribution in [2.24, 2.45) is 0 Å². The maximum Gasteiger partial charge on any atom is 0.231 e. The number of aromatic hydroxyl groups is 1. The van der Waals surface area contributed by atoms with Crippen molar-refractivity contribution in [3.63, 3.8) is 0 Å². The van der Waals surface area contributed by atoms with Gasteiger partial charge in [0.25, 0.3) is 0 Å². The number of phenolic OH excluding ortho intramolecular Hbond substituents is 1. The van der Waals surface area contributed by atoms with E-state index < -0.39 is 0 Å². The molecule has 0 aliphatic carbocycles. The number of aromatic nitrogens is 1. The Kier molecular flexibility index (Phi) is 5.57. The van der Waals surface area contributed by atoms with Gasteiger partial charge < -0.3 is 24.8 Å².